The molecule has 0 aromatic heterocycles. The first-order chi connectivity index (χ1) is 7.28. The van der Waals surface area contributed by atoms with Crippen LogP contribution in [0.3, 0.4) is 0 Å². The molecular formula is C13H20BrNO. The number of hydrogen-bond donors (Lipinski definition) is 1. The number of carbonyl (C=O) groups excluding carboxylic acids is 1. The molecule has 0 aliphatic carbocycles. The fourth-order valence-electron chi connectivity index (χ4n) is 0.833. The van der Waals surface area contributed by atoms with E-state index in [1.54, 1.807) is 6.07 Å². The summed E-state index contributed by atoms with van der Waals surface area (Å²) >= 11 is 3.29. The minimum atomic E-state index is 0.292. The van der Waals surface area contributed by atoms with Crippen LogP contribution in [0.1, 0.15) is 36.7 Å². The maximum Gasteiger partial charge on any atom is 0.150 e. The van der Waals surface area contributed by atoms with Crippen LogP contribution in [0.5, 0.6) is 0 Å². The van der Waals surface area contributed by atoms with Crippen LogP contribution < -0.4 is 5.32 Å². The number of nitrogens with one attached hydrogen (secondary N) is 1. The molecule has 2 nitrogen and oxygen atoms in total. The van der Waals surface area contributed by atoms with Crippen molar-refractivity contribution in [3.05, 3.63) is 33.8 Å². The van der Waals surface area contributed by atoms with Crippen molar-refractivity contribution in [1.82, 2.24) is 5.32 Å². The highest BCUT2D eigenvalue weighted by Gasteiger charge is 2.01. The van der Waals surface area contributed by atoms with Crippen molar-refractivity contribution >= 4 is 22.2 Å². The number of benzene rings is 1. The standard InChI is InChI=1S/C8H7BrO.C5H13N/c1-6-2-7(5-10)4-8(9)3-6;1-5(2,3)6-4/h2-5H,1H3;6H,1-4H3. The molecule has 1 aromatic carbocycles. The molecule has 0 aliphatic rings. The van der Waals surface area contributed by atoms with E-state index in [1.807, 2.05) is 26.1 Å². The number of aryl methyl sites for hydroxylation is 1. The summed E-state index contributed by atoms with van der Waals surface area (Å²) in [7, 11) is 1.96. The van der Waals surface area contributed by atoms with E-state index in [0.717, 1.165) is 16.3 Å². The van der Waals surface area contributed by atoms with Crippen LogP contribution in [0.15, 0.2) is 22.7 Å². The molecule has 0 bridgehead atoms. The van der Waals surface area contributed by atoms with Gasteiger partial charge in [0.05, 0.1) is 0 Å². The average Bonchev–Trinajstić information content (AvgIpc) is 2.16. The minimum absolute atomic E-state index is 0.292. The lowest BCUT2D eigenvalue weighted by Gasteiger charge is -2.15. The molecule has 0 radical (unpaired) electrons. The zero-order valence-electron chi connectivity index (χ0n) is 10.6. The van der Waals surface area contributed by atoms with E-state index in [4.69, 9.17) is 0 Å². The second-order valence-corrected chi connectivity index (χ2v) is 5.60. The monoisotopic (exact) mass is 285 g/mol. The first-order valence-electron chi connectivity index (χ1n) is 5.20. The normalized spacial score (nSPS) is 10.4. The number of carbonyl (C=O) groups is 1. The van der Waals surface area contributed by atoms with Crippen LogP contribution in [0.25, 0.3) is 0 Å². The van der Waals surface area contributed by atoms with Crippen molar-refractivity contribution in [3.8, 4) is 0 Å². The summed E-state index contributed by atoms with van der Waals surface area (Å²) in [6.07, 6.45) is 0.845. The summed E-state index contributed by atoms with van der Waals surface area (Å²) in [6.45, 7) is 8.35. The van der Waals surface area contributed by atoms with Crippen LogP contribution >= 0.6 is 15.9 Å². The lowest BCUT2D eigenvalue weighted by molar-refractivity contribution is 0.112. The molecule has 16 heavy (non-hydrogen) atoms. The average molecular weight is 286 g/mol. The number of halogens is 1. The van der Waals surface area contributed by atoms with Crippen LogP contribution in [0, 0.1) is 6.92 Å². The Bertz CT molecular complexity index is 322. The van der Waals surface area contributed by atoms with E-state index >= 15 is 0 Å². The number of aldehydes is 1. The van der Waals surface area contributed by atoms with Crippen LogP contribution in [-0.4, -0.2) is 18.9 Å². The highest BCUT2D eigenvalue weighted by Crippen LogP contribution is 2.13. The van der Waals surface area contributed by atoms with Crippen LogP contribution in [0.4, 0.5) is 0 Å². The topological polar surface area (TPSA) is 29.1 Å². The van der Waals surface area contributed by atoms with E-state index in [1.165, 1.54) is 0 Å². The molecule has 0 saturated carbocycles. The van der Waals surface area contributed by atoms with Crippen molar-refractivity contribution < 1.29 is 4.79 Å². The molecule has 0 aliphatic heterocycles. The third kappa shape index (κ3) is 7.60. The molecule has 1 aromatic rings. The van der Waals surface area contributed by atoms with Gasteiger partial charge in [0, 0.05) is 15.6 Å². The highest BCUT2D eigenvalue weighted by atomic mass is 79.9. The Labute approximate surface area is 107 Å². The Hall–Kier alpha value is -0.670. The molecule has 0 unspecified atom stereocenters. The van der Waals surface area contributed by atoms with Gasteiger partial charge >= 0.3 is 0 Å². The Morgan fingerprint density at radius 1 is 1.25 bits per heavy atom. The maximum absolute atomic E-state index is 10.3. The second kappa shape index (κ2) is 6.81. The van der Waals surface area contributed by atoms with Gasteiger partial charge in [0.15, 0.2) is 0 Å². The summed E-state index contributed by atoms with van der Waals surface area (Å²) in [5.74, 6) is 0. The van der Waals surface area contributed by atoms with E-state index < -0.39 is 0 Å². The van der Waals surface area contributed by atoms with Gasteiger partial charge in [-0.05, 0) is 58.5 Å². The third-order valence-corrected chi connectivity index (χ3v) is 2.41. The summed E-state index contributed by atoms with van der Waals surface area (Å²) in [5, 5.41) is 3.10. The molecule has 0 heterocycles. The molecule has 0 saturated heterocycles. The van der Waals surface area contributed by atoms with Gasteiger partial charge in [-0.1, -0.05) is 15.9 Å². The second-order valence-electron chi connectivity index (χ2n) is 4.68. The zero-order valence-corrected chi connectivity index (χ0v) is 12.2. The van der Waals surface area contributed by atoms with E-state index in [-0.39, 0.29) is 0 Å². The van der Waals surface area contributed by atoms with E-state index in [2.05, 4.69) is 42.0 Å². The lowest BCUT2D eigenvalue weighted by Crippen LogP contribution is -2.31. The van der Waals surface area contributed by atoms with Crippen LogP contribution in [0.2, 0.25) is 0 Å². The molecular weight excluding hydrogens is 266 g/mol. The summed E-state index contributed by atoms with van der Waals surface area (Å²) in [4.78, 5) is 10.3. The summed E-state index contributed by atoms with van der Waals surface area (Å²) < 4.78 is 0.953. The fourth-order valence-corrected chi connectivity index (χ4v) is 1.46. The van der Waals surface area contributed by atoms with Gasteiger partial charge in [0.25, 0.3) is 0 Å². The Kier molecular flexibility index (Phi) is 6.53. The van der Waals surface area contributed by atoms with Gasteiger partial charge in [-0.25, -0.2) is 0 Å². The Morgan fingerprint density at radius 3 is 2.06 bits per heavy atom. The van der Waals surface area contributed by atoms with Crippen molar-refractivity contribution in [1.29, 1.82) is 0 Å². The summed E-state index contributed by atoms with van der Waals surface area (Å²) in [6, 6.07) is 5.60. The minimum Gasteiger partial charge on any atom is -0.315 e. The molecule has 90 valence electrons. The van der Waals surface area contributed by atoms with Gasteiger partial charge in [-0.2, -0.15) is 0 Å². The first-order valence-corrected chi connectivity index (χ1v) is 5.99. The van der Waals surface area contributed by atoms with Gasteiger partial charge in [0.2, 0.25) is 0 Å². The smallest absolute Gasteiger partial charge is 0.150 e. The molecule has 1 N–H and O–H groups in total. The zero-order chi connectivity index (χ0) is 12.8. The van der Waals surface area contributed by atoms with Gasteiger partial charge in [0.1, 0.15) is 6.29 Å². The van der Waals surface area contributed by atoms with Crippen molar-refractivity contribution in [2.75, 3.05) is 7.05 Å². The van der Waals surface area contributed by atoms with E-state index in [0.29, 0.717) is 11.1 Å². The Balaban J connectivity index is 0.000000325. The number of hydrogen-bond acceptors (Lipinski definition) is 2. The third-order valence-electron chi connectivity index (χ3n) is 1.95. The molecule has 3 heteroatoms. The SMILES string of the molecule is CNC(C)(C)C.Cc1cc(Br)cc(C=O)c1. The lowest BCUT2D eigenvalue weighted by atomic mass is 10.1. The van der Waals surface area contributed by atoms with Crippen molar-refractivity contribution in [2.24, 2.45) is 0 Å². The molecule has 0 amide bonds. The summed E-state index contributed by atoms with van der Waals surface area (Å²) in [5.41, 5.74) is 2.10. The predicted molar refractivity (Wildman–Crippen MR) is 73.1 cm³/mol. The first kappa shape index (κ1) is 15.3. The van der Waals surface area contributed by atoms with Crippen LogP contribution in [-0.2, 0) is 0 Å². The van der Waals surface area contributed by atoms with Gasteiger partial charge in [-0.3, -0.25) is 4.79 Å². The van der Waals surface area contributed by atoms with Crippen molar-refractivity contribution in [2.45, 2.75) is 33.2 Å². The van der Waals surface area contributed by atoms with E-state index in [9.17, 15) is 4.79 Å². The van der Waals surface area contributed by atoms with Gasteiger partial charge in [-0.15, -0.1) is 0 Å². The van der Waals surface area contributed by atoms with Gasteiger partial charge < -0.3 is 5.32 Å². The predicted octanol–water partition coefficient (Wildman–Crippen LogP) is 3.57. The quantitative estimate of drug-likeness (QED) is 0.800. The molecule has 0 spiro atoms. The number of rotatable bonds is 1. The fraction of sp³-hybridized carbons (Fsp3) is 0.462. The highest BCUT2D eigenvalue weighted by molar-refractivity contribution is 9.10. The molecule has 0 fully saturated rings. The maximum atomic E-state index is 10.3. The largest absolute Gasteiger partial charge is 0.315 e. The Morgan fingerprint density at radius 2 is 1.75 bits per heavy atom. The molecule has 0 atom stereocenters. The van der Waals surface area contributed by atoms with Crippen molar-refractivity contribution in [3.63, 3.8) is 0 Å². The molecule has 1 rings (SSSR count).